The molecule has 0 saturated heterocycles. The van der Waals surface area contributed by atoms with Crippen LogP contribution in [-0.4, -0.2) is 62.3 Å². The molecule has 3 rings (SSSR count). The van der Waals surface area contributed by atoms with Gasteiger partial charge in [-0.15, -0.1) is 0 Å². The van der Waals surface area contributed by atoms with Crippen molar-refractivity contribution in [2.75, 3.05) is 40.1 Å². The molecule has 0 heterocycles. The Morgan fingerprint density at radius 1 is 0.872 bits per heavy atom. The number of ether oxygens (including phenoxy) is 4. The first-order valence-corrected chi connectivity index (χ1v) is 13.0. The fourth-order valence-electron chi connectivity index (χ4n) is 3.88. The van der Waals surface area contributed by atoms with Gasteiger partial charge in [0.1, 0.15) is 42.3 Å². The molecule has 5 N–H and O–H groups in total. The van der Waals surface area contributed by atoms with Crippen LogP contribution in [0.2, 0.25) is 0 Å². The molecule has 39 heavy (non-hydrogen) atoms. The SMILES string of the molecule is COCCOc1ccc(OCC(O)CNCc2ccccc2CCCCOc2ccc(O)c(C(N)=O)c2)cc1. The molecule has 0 radical (unpaired) electrons. The molecule has 0 aliphatic carbocycles. The predicted octanol–water partition coefficient (Wildman–Crippen LogP) is 3.45. The number of hydrogen-bond donors (Lipinski definition) is 4. The Labute approximate surface area is 229 Å². The standard InChI is InChI=1S/C30H38N2O7/c1-36-16-17-38-25-9-11-26(12-10-25)39-21-24(33)20-32-19-23-8-3-2-6-22(23)7-4-5-15-37-27-13-14-29(34)28(18-27)30(31)35/h2-3,6,8-14,18,24,32-34H,4-5,7,15-17,19-21H2,1H3,(H2,31,35). The average Bonchev–Trinajstić information content (AvgIpc) is 2.94. The van der Waals surface area contributed by atoms with E-state index >= 15 is 0 Å². The van der Waals surface area contributed by atoms with Crippen LogP contribution in [0.25, 0.3) is 0 Å². The summed E-state index contributed by atoms with van der Waals surface area (Å²) in [6, 6.07) is 20.0. The monoisotopic (exact) mass is 538 g/mol. The molecule has 0 saturated carbocycles. The summed E-state index contributed by atoms with van der Waals surface area (Å²) in [6.45, 7) is 2.72. The van der Waals surface area contributed by atoms with E-state index in [1.54, 1.807) is 13.2 Å². The van der Waals surface area contributed by atoms with Gasteiger partial charge in [0.05, 0.1) is 18.8 Å². The van der Waals surface area contributed by atoms with Crippen molar-refractivity contribution >= 4 is 5.91 Å². The van der Waals surface area contributed by atoms with E-state index in [2.05, 4.69) is 17.4 Å². The summed E-state index contributed by atoms with van der Waals surface area (Å²) >= 11 is 0. The molecular weight excluding hydrogens is 500 g/mol. The summed E-state index contributed by atoms with van der Waals surface area (Å²) in [6.07, 6.45) is 1.98. The topological polar surface area (TPSA) is 132 Å². The Bertz CT molecular complexity index is 1150. The Balaban J connectivity index is 1.34. The van der Waals surface area contributed by atoms with E-state index in [0.29, 0.717) is 44.4 Å². The summed E-state index contributed by atoms with van der Waals surface area (Å²) in [5.41, 5.74) is 7.73. The van der Waals surface area contributed by atoms with Crippen LogP contribution in [0, 0.1) is 0 Å². The minimum absolute atomic E-state index is 0.0452. The molecule has 210 valence electrons. The number of unbranched alkanes of at least 4 members (excludes halogenated alkanes) is 1. The van der Waals surface area contributed by atoms with Gasteiger partial charge in [-0.3, -0.25) is 4.79 Å². The third-order valence-electron chi connectivity index (χ3n) is 5.98. The summed E-state index contributed by atoms with van der Waals surface area (Å²) in [7, 11) is 1.63. The van der Waals surface area contributed by atoms with Crippen LogP contribution in [0.3, 0.4) is 0 Å². The van der Waals surface area contributed by atoms with Gasteiger partial charge in [-0.05, 0) is 72.9 Å². The second kappa shape index (κ2) is 16.2. The highest BCUT2D eigenvalue weighted by molar-refractivity contribution is 5.95. The number of phenols is 1. The molecule has 1 atom stereocenters. The van der Waals surface area contributed by atoms with Crippen LogP contribution in [0.4, 0.5) is 0 Å². The number of aryl methyl sites for hydroxylation is 1. The average molecular weight is 539 g/mol. The molecular formula is C30H38N2O7. The number of aliphatic hydroxyl groups is 1. The summed E-state index contributed by atoms with van der Waals surface area (Å²) in [5, 5.41) is 23.3. The lowest BCUT2D eigenvalue weighted by Gasteiger charge is -2.15. The van der Waals surface area contributed by atoms with Crippen LogP contribution >= 0.6 is 0 Å². The molecule has 0 aliphatic rings. The van der Waals surface area contributed by atoms with Gasteiger partial charge >= 0.3 is 0 Å². The number of primary amides is 1. The molecule has 0 spiro atoms. The zero-order valence-corrected chi connectivity index (χ0v) is 22.3. The van der Waals surface area contributed by atoms with Crippen molar-refractivity contribution in [3.05, 3.63) is 83.4 Å². The number of aromatic hydroxyl groups is 1. The van der Waals surface area contributed by atoms with Crippen molar-refractivity contribution < 1.29 is 34.0 Å². The number of nitrogens with one attached hydrogen (secondary N) is 1. The summed E-state index contributed by atoms with van der Waals surface area (Å²) < 4.78 is 21.9. The van der Waals surface area contributed by atoms with E-state index < -0.39 is 12.0 Å². The number of amides is 1. The molecule has 3 aromatic carbocycles. The van der Waals surface area contributed by atoms with Gasteiger partial charge in [0, 0.05) is 20.2 Å². The van der Waals surface area contributed by atoms with E-state index in [1.165, 1.54) is 23.3 Å². The molecule has 0 fully saturated rings. The predicted molar refractivity (Wildman–Crippen MR) is 149 cm³/mol. The minimum Gasteiger partial charge on any atom is -0.507 e. The van der Waals surface area contributed by atoms with E-state index in [0.717, 1.165) is 25.0 Å². The van der Waals surface area contributed by atoms with Crippen molar-refractivity contribution in [2.24, 2.45) is 5.73 Å². The maximum Gasteiger partial charge on any atom is 0.252 e. The van der Waals surface area contributed by atoms with Crippen molar-refractivity contribution in [1.82, 2.24) is 5.32 Å². The van der Waals surface area contributed by atoms with Crippen LogP contribution in [0.1, 0.15) is 34.3 Å². The Kier molecular flexibility index (Phi) is 12.4. The van der Waals surface area contributed by atoms with Crippen LogP contribution in [-0.2, 0) is 17.7 Å². The fraction of sp³-hybridized carbons (Fsp3) is 0.367. The van der Waals surface area contributed by atoms with E-state index in [4.69, 9.17) is 24.7 Å². The van der Waals surface area contributed by atoms with Crippen LogP contribution in [0.5, 0.6) is 23.0 Å². The van der Waals surface area contributed by atoms with Gasteiger partial charge < -0.3 is 40.2 Å². The van der Waals surface area contributed by atoms with E-state index in [-0.39, 0.29) is 17.9 Å². The second-order valence-corrected chi connectivity index (χ2v) is 9.03. The number of aliphatic hydroxyl groups excluding tert-OH is 1. The molecule has 1 unspecified atom stereocenters. The van der Waals surface area contributed by atoms with Crippen LogP contribution in [0.15, 0.2) is 66.7 Å². The first-order valence-electron chi connectivity index (χ1n) is 13.0. The van der Waals surface area contributed by atoms with Gasteiger partial charge in [-0.2, -0.15) is 0 Å². The third kappa shape index (κ3) is 10.5. The van der Waals surface area contributed by atoms with Gasteiger partial charge in [-0.25, -0.2) is 0 Å². The molecule has 1 amide bonds. The molecule has 0 bridgehead atoms. The van der Waals surface area contributed by atoms with E-state index in [9.17, 15) is 15.0 Å². The Hall–Kier alpha value is -3.79. The highest BCUT2D eigenvalue weighted by Crippen LogP contribution is 2.23. The highest BCUT2D eigenvalue weighted by Gasteiger charge is 2.10. The number of hydrogen-bond acceptors (Lipinski definition) is 8. The number of benzene rings is 3. The van der Waals surface area contributed by atoms with Gasteiger partial charge in [0.2, 0.25) is 0 Å². The largest absolute Gasteiger partial charge is 0.507 e. The van der Waals surface area contributed by atoms with E-state index in [1.807, 2.05) is 36.4 Å². The first kappa shape index (κ1) is 29.8. The first-order chi connectivity index (χ1) is 19.0. The van der Waals surface area contributed by atoms with Crippen LogP contribution < -0.4 is 25.3 Å². The van der Waals surface area contributed by atoms with Gasteiger partial charge in [-0.1, -0.05) is 24.3 Å². The smallest absolute Gasteiger partial charge is 0.252 e. The fourth-order valence-corrected chi connectivity index (χ4v) is 3.88. The zero-order chi connectivity index (χ0) is 27.9. The number of carbonyl (C=O) groups is 1. The number of carbonyl (C=O) groups excluding carboxylic acids is 1. The normalized spacial score (nSPS) is 11.6. The number of nitrogens with two attached hydrogens (primary N) is 1. The van der Waals surface area contributed by atoms with Crippen molar-refractivity contribution in [1.29, 1.82) is 0 Å². The minimum atomic E-state index is -0.696. The number of methoxy groups -OCH3 is 1. The molecule has 0 aliphatic heterocycles. The summed E-state index contributed by atoms with van der Waals surface area (Å²) in [5.74, 6) is 1.05. The quantitative estimate of drug-likeness (QED) is 0.181. The summed E-state index contributed by atoms with van der Waals surface area (Å²) in [4.78, 5) is 11.4. The Morgan fingerprint density at radius 3 is 2.26 bits per heavy atom. The second-order valence-electron chi connectivity index (χ2n) is 9.03. The highest BCUT2D eigenvalue weighted by atomic mass is 16.5. The lowest BCUT2D eigenvalue weighted by Crippen LogP contribution is -2.31. The molecule has 0 aromatic heterocycles. The van der Waals surface area contributed by atoms with Crippen molar-refractivity contribution in [3.8, 4) is 23.0 Å². The maximum atomic E-state index is 11.4. The van der Waals surface area contributed by atoms with Gasteiger partial charge in [0.25, 0.3) is 5.91 Å². The zero-order valence-electron chi connectivity index (χ0n) is 22.3. The van der Waals surface area contributed by atoms with Gasteiger partial charge in [0.15, 0.2) is 0 Å². The molecule has 3 aromatic rings. The lowest BCUT2D eigenvalue weighted by molar-refractivity contribution is 0.0997. The molecule has 9 heteroatoms. The van der Waals surface area contributed by atoms with Crippen molar-refractivity contribution in [2.45, 2.75) is 31.9 Å². The molecule has 9 nitrogen and oxygen atoms in total. The number of rotatable bonds is 18. The van der Waals surface area contributed by atoms with Crippen molar-refractivity contribution in [3.63, 3.8) is 0 Å². The lowest BCUT2D eigenvalue weighted by atomic mass is 10.0. The third-order valence-corrected chi connectivity index (χ3v) is 5.98. The maximum absolute atomic E-state index is 11.4. The Morgan fingerprint density at radius 2 is 1.54 bits per heavy atom.